The molecule has 0 bridgehead atoms. The second-order valence-electron chi connectivity index (χ2n) is 5.67. The lowest BCUT2D eigenvalue weighted by atomic mass is 10.2. The van der Waals surface area contributed by atoms with E-state index in [1.165, 1.54) is 18.3 Å². The Morgan fingerprint density at radius 1 is 1.07 bits per heavy atom. The Kier molecular flexibility index (Phi) is 5.93. The summed E-state index contributed by atoms with van der Waals surface area (Å²) in [5.74, 6) is -0.221. The number of carbonyl (C=O) groups is 1. The Morgan fingerprint density at radius 3 is 2.48 bits per heavy atom. The van der Waals surface area contributed by atoms with E-state index in [0.717, 1.165) is 5.56 Å². The zero-order valence-corrected chi connectivity index (χ0v) is 15.7. The van der Waals surface area contributed by atoms with Crippen LogP contribution < -0.4 is 0 Å². The molecule has 1 heterocycles. The summed E-state index contributed by atoms with van der Waals surface area (Å²) in [6.45, 7) is -0.169. The lowest BCUT2D eigenvalue weighted by molar-refractivity contribution is -0.145. The van der Waals surface area contributed by atoms with Gasteiger partial charge < -0.3 is 9.15 Å². The third-order valence-corrected chi connectivity index (χ3v) is 5.70. The van der Waals surface area contributed by atoms with Gasteiger partial charge in [-0.15, -0.1) is 0 Å². The SMILES string of the molecule is O=C(CCS(=O)(=O)c1ccccc1)OCc1ncc(-c2ccc(Cl)cc2)o1. The van der Waals surface area contributed by atoms with Gasteiger partial charge in [0.15, 0.2) is 22.2 Å². The van der Waals surface area contributed by atoms with Crippen molar-refractivity contribution in [2.24, 2.45) is 0 Å². The molecule has 0 fully saturated rings. The summed E-state index contributed by atoms with van der Waals surface area (Å²) in [5.41, 5.74) is 0.790. The largest absolute Gasteiger partial charge is 0.456 e. The number of sulfone groups is 1. The summed E-state index contributed by atoms with van der Waals surface area (Å²) >= 11 is 5.84. The predicted molar refractivity (Wildman–Crippen MR) is 99.9 cm³/mol. The first-order valence-corrected chi connectivity index (χ1v) is 10.1. The zero-order valence-electron chi connectivity index (χ0n) is 14.2. The highest BCUT2D eigenvalue weighted by molar-refractivity contribution is 7.91. The molecule has 2 aromatic carbocycles. The van der Waals surface area contributed by atoms with Crippen molar-refractivity contribution in [1.82, 2.24) is 4.98 Å². The van der Waals surface area contributed by atoms with Crippen molar-refractivity contribution >= 4 is 27.4 Å². The van der Waals surface area contributed by atoms with E-state index in [-0.39, 0.29) is 29.6 Å². The van der Waals surface area contributed by atoms with Crippen LogP contribution in [0.15, 0.2) is 70.1 Å². The predicted octanol–water partition coefficient (Wildman–Crippen LogP) is 3.90. The number of nitrogens with zero attached hydrogens (tertiary/aromatic N) is 1. The highest BCUT2D eigenvalue weighted by Crippen LogP contribution is 2.22. The van der Waals surface area contributed by atoms with Crippen molar-refractivity contribution in [3.8, 4) is 11.3 Å². The number of aromatic nitrogens is 1. The van der Waals surface area contributed by atoms with Crippen LogP contribution in [-0.4, -0.2) is 25.1 Å². The van der Waals surface area contributed by atoms with Gasteiger partial charge in [0.25, 0.3) is 0 Å². The summed E-state index contributed by atoms with van der Waals surface area (Å²) in [5, 5.41) is 0.609. The maximum atomic E-state index is 12.1. The first-order valence-electron chi connectivity index (χ1n) is 8.08. The van der Waals surface area contributed by atoms with Crippen molar-refractivity contribution in [2.75, 3.05) is 5.75 Å². The van der Waals surface area contributed by atoms with E-state index in [2.05, 4.69) is 4.98 Å². The van der Waals surface area contributed by atoms with Gasteiger partial charge in [-0.25, -0.2) is 13.4 Å². The van der Waals surface area contributed by atoms with E-state index >= 15 is 0 Å². The van der Waals surface area contributed by atoms with E-state index in [0.29, 0.717) is 10.8 Å². The van der Waals surface area contributed by atoms with Gasteiger partial charge in [-0.3, -0.25) is 4.79 Å². The summed E-state index contributed by atoms with van der Waals surface area (Å²) in [4.78, 5) is 16.1. The number of rotatable bonds is 7. The second kappa shape index (κ2) is 8.37. The third-order valence-electron chi connectivity index (χ3n) is 3.72. The minimum absolute atomic E-state index is 0.169. The van der Waals surface area contributed by atoms with Gasteiger partial charge in [0, 0.05) is 10.6 Å². The zero-order chi connectivity index (χ0) is 19.3. The number of oxazole rings is 1. The molecule has 0 unspecified atom stereocenters. The molecule has 6 nitrogen and oxygen atoms in total. The Hall–Kier alpha value is -2.64. The summed E-state index contributed by atoms with van der Waals surface area (Å²) in [6, 6.07) is 15.0. The smallest absolute Gasteiger partial charge is 0.307 e. The van der Waals surface area contributed by atoms with Crippen molar-refractivity contribution in [1.29, 1.82) is 0 Å². The molecule has 3 aromatic rings. The van der Waals surface area contributed by atoms with Gasteiger partial charge in [-0.1, -0.05) is 29.8 Å². The topological polar surface area (TPSA) is 86.5 Å². The van der Waals surface area contributed by atoms with Gasteiger partial charge in [-0.05, 0) is 36.4 Å². The van der Waals surface area contributed by atoms with Crippen LogP contribution in [-0.2, 0) is 26.0 Å². The van der Waals surface area contributed by atoms with Crippen molar-refractivity contribution < 1.29 is 22.4 Å². The number of ether oxygens (including phenoxy) is 1. The summed E-state index contributed by atoms with van der Waals surface area (Å²) < 4.78 is 34.9. The van der Waals surface area contributed by atoms with Crippen molar-refractivity contribution in [3.05, 3.63) is 71.7 Å². The number of esters is 1. The van der Waals surface area contributed by atoms with Crippen LogP contribution in [0.2, 0.25) is 5.02 Å². The number of carbonyl (C=O) groups excluding carboxylic acids is 1. The molecule has 8 heteroatoms. The highest BCUT2D eigenvalue weighted by atomic mass is 35.5. The average Bonchev–Trinajstić information content (AvgIpc) is 3.15. The van der Waals surface area contributed by atoms with Crippen LogP contribution in [0.25, 0.3) is 11.3 Å². The molecule has 0 atom stereocenters. The molecule has 0 aliphatic carbocycles. The quantitative estimate of drug-likeness (QED) is 0.554. The van der Waals surface area contributed by atoms with E-state index in [1.807, 2.05) is 0 Å². The van der Waals surface area contributed by atoms with Gasteiger partial charge in [0.2, 0.25) is 5.89 Å². The molecule has 0 saturated carbocycles. The molecular formula is C19H16ClNO5S. The Bertz CT molecular complexity index is 1010. The first-order chi connectivity index (χ1) is 12.9. The fraction of sp³-hybridized carbons (Fsp3) is 0.158. The Morgan fingerprint density at radius 2 is 1.78 bits per heavy atom. The van der Waals surface area contributed by atoms with E-state index in [1.54, 1.807) is 42.5 Å². The van der Waals surface area contributed by atoms with Crippen LogP contribution in [0.3, 0.4) is 0 Å². The molecule has 3 rings (SSSR count). The Labute approximate surface area is 161 Å². The van der Waals surface area contributed by atoms with E-state index in [9.17, 15) is 13.2 Å². The second-order valence-corrected chi connectivity index (χ2v) is 8.21. The summed E-state index contributed by atoms with van der Waals surface area (Å²) in [7, 11) is -3.52. The van der Waals surface area contributed by atoms with Crippen LogP contribution >= 0.6 is 11.6 Å². The Balaban J connectivity index is 1.52. The van der Waals surface area contributed by atoms with E-state index in [4.69, 9.17) is 20.8 Å². The normalized spacial score (nSPS) is 11.3. The van der Waals surface area contributed by atoms with Crippen molar-refractivity contribution in [2.45, 2.75) is 17.9 Å². The number of benzene rings is 2. The van der Waals surface area contributed by atoms with Gasteiger partial charge in [0.05, 0.1) is 23.3 Å². The maximum Gasteiger partial charge on any atom is 0.307 e. The molecule has 0 amide bonds. The maximum absolute atomic E-state index is 12.1. The molecule has 27 heavy (non-hydrogen) atoms. The lowest BCUT2D eigenvalue weighted by Crippen LogP contribution is -2.13. The van der Waals surface area contributed by atoms with Crippen LogP contribution in [0.5, 0.6) is 0 Å². The number of hydrogen-bond acceptors (Lipinski definition) is 6. The monoisotopic (exact) mass is 405 g/mol. The average molecular weight is 406 g/mol. The first kappa shape index (κ1) is 19.1. The molecule has 0 radical (unpaired) electrons. The van der Waals surface area contributed by atoms with Crippen LogP contribution in [0, 0.1) is 0 Å². The van der Waals surface area contributed by atoms with Crippen LogP contribution in [0.4, 0.5) is 0 Å². The minimum atomic E-state index is -3.52. The molecule has 0 aliphatic heterocycles. The highest BCUT2D eigenvalue weighted by Gasteiger charge is 2.17. The molecule has 0 spiro atoms. The van der Waals surface area contributed by atoms with Gasteiger partial charge in [-0.2, -0.15) is 0 Å². The summed E-state index contributed by atoms with van der Waals surface area (Å²) in [6.07, 6.45) is 1.27. The molecular weight excluding hydrogens is 390 g/mol. The van der Waals surface area contributed by atoms with Crippen molar-refractivity contribution in [3.63, 3.8) is 0 Å². The van der Waals surface area contributed by atoms with Crippen LogP contribution in [0.1, 0.15) is 12.3 Å². The molecule has 1 aromatic heterocycles. The number of hydrogen-bond donors (Lipinski definition) is 0. The molecule has 0 N–H and O–H groups in total. The third kappa shape index (κ3) is 5.18. The molecule has 0 aliphatic rings. The standard InChI is InChI=1S/C19H16ClNO5S/c20-15-8-6-14(7-9-15)17-12-21-18(26-17)13-25-19(22)10-11-27(23,24)16-4-2-1-3-5-16/h1-9,12H,10-11,13H2. The fourth-order valence-electron chi connectivity index (χ4n) is 2.30. The number of halogens is 1. The fourth-order valence-corrected chi connectivity index (χ4v) is 3.67. The van der Waals surface area contributed by atoms with Gasteiger partial charge >= 0.3 is 5.97 Å². The lowest BCUT2D eigenvalue weighted by Gasteiger charge is -2.04. The molecule has 0 saturated heterocycles. The van der Waals surface area contributed by atoms with Gasteiger partial charge in [0.1, 0.15) is 0 Å². The van der Waals surface area contributed by atoms with E-state index < -0.39 is 15.8 Å². The molecule has 140 valence electrons. The minimum Gasteiger partial charge on any atom is -0.456 e.